The van der Waals surface area contributed by atoms with Crippen molar-refractivity contribution in [2.45, 2.75) is 200 Å². The zero-order valence-electron chi connectivity index (χ0n) is 55.1. The summed E-state index contributed by atoms with van der Waals surface area (Å²) < 4.78 is 26.2. The molecule has 0 saturated heterocycles. The lowest BCUT2D eigenvalue weighted by molar-refractivity contribution is 0.171. The molecule has 6 aromatic carbocycles. The molecule has 0 aromatic heterocycles. The first kappa shape index (κ1) is 74.7. The van der Waals surface area contributed by atoms with Crippen LogP contribution in [0.25, 0.3) is 0 Å². The van der Waals surface area contributed by atoms with E-state index < -0.39 is 0 Å². The van der Waals surface area contributed by atoms with Gasteiger partial charge in [0.2, 0.25) is 6.79 Å². The lowest BCUT2D eigenvalue weighted by atomic mass is 9.92. The first-order valence-electron chi connectivity index (χ1n) is 31.4. The van der Waals surface area contributed by atoms with Gasteiger partial charge in [-0.2, -0.15) is 0 Å². The second-order valence-electron chi connectivity index (χ2n) is 25.1. The van der Waals surface area contributed by atoms with Gasteiger partial charge < -0.3 is 23.7 Å². The second-order valence-corrected chi connectivity index (χ2v) is 26.2. The summed E-state index contributed by atoms with van der Waals surface area (Å²) in [5.41, 5.74) is 9.19. The molecule has 6 heteroatoms. The highest BCUT2D eigenvalue weighted by Crippen LogP contribution is 2.31. The summed E-state index contributed by atoms with van der Waals surface area (Å²) in [7, 11) is 0. The predicted molar refractivity (Wildman–Crippen MR) is 360 cm³/mol. The van der Waals surface area contributed by atoms with Gasteiger partial charge in [-0.05, 0) is 182 Å². The van der Waals surface area contributed by atoms with Crippen molar-refractivity contribution in [3.8, 4) is 28.7 Å². The molecule has 6 aliphatic rings. The van der Waals surface area contributed by atoms with Crippen molar-refractivity contribution in [1.29, 1.82) is 0 Å². The standard InChI is InChI=1S/C10H12.C9H10O.C9H10S.C9H10.C8H8O2.C7H6O2.6C4H10/c1-2-6-10-8-4-3-7-9(10)5-1;2*1-2-6-9-8(4-1)5-3-7-10-9;1-2-5-9-7-3-6-8(9)4-1;1-2-4-8-7(3-1)9-5-6-10-8;1-2-4-7-6(3-1)8-5-9-7;6*1-4(2)3/h1-2,5-6H,3-4,7-8H2;2*1-2,4,6H,3,5,7H2;1-2,4-5H,3,6-7H2;1-4H,5-6H2;1-4H,5H2;6*4H,1-3H3. The van der Waals surface area contributed by atoms with Crippen molar-refractivity contribution in [3.63, 3.8) is 0 Å². The third-order valence-electron chi connectivity index (χ3n) is 10.6. The maximum Gasteiger partial charge on any atom is 0.231 e. The maximum atomic E-state index is 5.42. The molecule has 0 spiro atoms. The van der Waals surface area contributed by atoms with Crippen molar-refractivity contribution in [2.24, 2.45) is 35.5 Å². The number of aryl methyl sites for hydroxylation is 6. The highest BCUT2D eigenvalue weighted by Gasteiger charge is 2.12. The quantitative estimate of drug-likeness (QED) is 0.151. The number of hydrogen-bond donors (Lipinski definition) is 0. The Kier molecular flexibility index (Phi) is 42.9. The Balaban J connectivity index is 0.000000457. The summed E-state index contributed by atoms with van der Waals surface area (Å²) in [6.07, 6.45) is 14.3. The van der Waals surface area contributed by atoms with Gasteiger partial charge in [0.15, 0.2) is 23.0 Å². The van der Waals surface area contributed by atoms with Crippen LogP contribution in [-0.2, 0) is 38.5 Å². The summed E-state index contributed by atoms with van der Waals surface area (Å²) in [4.78, 5) is 1.49. The second kappa shape index (κ2) is 47.1. The van der Waals surface area contributed by atoms with E-state index in [0.29, 0.717) is 20.0 Å². The van der Waals surface area contributed by atoms with E-state index in [-0.39, 0.29) is 0 Å². The molecule has 2 aliphatic carbocycles. The molecule has 0 atom stereocenters. The van der Waals surface area contributed by atoms with Gasteiger partial charge in [-0.3, -0.25) is 0 Å². The van der Waals surface area contributed by atoms with Gasteiger partial charge >= 0.3 is 0 Å². The van der Waals surface area contributed by atoms with Crippen molar-refractivity contribution in [2.75, 3.05) is 32.4 Å². The van der Waals surface area contributed by atoms with Crippen LogP contribution in [0.2, 0.25) is 0 Å². The molecule has 82 heavy (non-hydrogen) atoms. The summed E-state index contributed by atoms with van der Waals surface area (Å²) in [6, 6.07) is 49.8. The molecule has 0 fully saturated rings. The summed E-state index contributed by atoms with van der Waals surface area (Å²) in [5.74, 6) is 10.8. The van der Waals surface area contributed by atoms with Crippen molar-refractivity contribution in [3.05, 3.63) is 179 Å². The number of thioether (sulfide) groups is 1. The Morgan fingerprint density at radius 1 is 0.256 bits per heavy atom. The summed E-state index contributed by atoms with van der Waals surface area (Å²) in [5, 5.41) is 0. The number of benzene rings is 6. The topological polar surface area (TPSA) is 46.2 Å². The Labute approximate surface area is 508 Å². The third-order valence-corrected chi connectivity index (χ3v) is 11.8. The molecular formula is C76H116O5S. The molecule has 5 nitrogen and oxygen atoms in total. The minimum absolute atomic E-state index is 0.360. The molecule has 4 heterocycles. The van der Waals surface area contributed by atoms with Crippen LogP contribution < -0.4 is 23.7 Å². The first-order chi connectivity index (χ1) is 39.2. The molecule has 0 amide bonds. The zero-order chi connectivity index (χ0) is 60.9. The molecule has 0 radical (unpaired) electrons. The van der Waals surface area contributed by atoms with Gasteiger partial charge in [-0.15, -0.1) is 11.8 Å². The van der Waals surface area contributed by atoms with Crippen LogP contribution >= 0.6 is 11.8 Å². The highest BCUT2D eigenvalue weighted by molar-refractivity contribution is 7.99. The number of ether oxygens (including phenoxy) is 5. The minimum atomic E-state index is 0.360. The van der Waals surface area contributed by atoms with Crippen LogP contribution in [-0.4, -0.2) is 32.4 Å². The van der Waals surface area contributed by atoms with E-state index in [1.54, 1.807) is 27.8 Å². The molecule has 0 bridgehead atoms. The van der Waals surface area contributed by atoms with Crippen molar-refractivity contribution in [1.82, 2.24) is 0 Å². The SMILES string of the molecule is CC(C)C.CC(C)C.CC(C)C.CC(C)C.CC(C)C.CC(C)C.c1ccc2c(c1)CCC2.c1ccc2c(c1)CCCC2.c1ccc2c(c1)CCCO2.c1ccc2c(c1)CCCS2.c1ccc2c(c1)OCCO2.c1ccc2c(c1)OCO2. The molecule has 0 N–H and O–H groups in total. The number of para-hydroxylation sites is 5. The van der Waals surface area contributed by atoms with Gasteiger partial charge in [0.25, 0.3) is 0 Å². The zero-order valence-corrected chi connectivity index (χ0v) is 55.9. The van der Waals surface area contributed by atoms with Gasteiger partial charge in [0.1, 0.15) is 19.0 Å². The summed E-state index contributed by atoms with van der Waals surface area (Å²) in [6.45, 7) is 41.6. The predicted octanol–water partition coefficient (Wildman–Crippen LogP) is 22.3. The molecular weight excluding hydrogens is 1020 g/mol. The van der Waals surface area contributed by atoms with Crippen molar-refractivity contribution >= 4 is 11.8 Å². The van der Waals surface area contributed by atoms with Gasteiger partial charge in [-0.25, -0.2) is 0 Å². The smallest absolute Gasteiger partial charge is 0.231 e. The molecule has 6 aromatic rings. The Hall–Kier alpha value is -5.33. The Morgan fingerprint density at radius 3 is 0.890 bits per heavy atom. The van der Waals surface area contributed by atoms with Gasteiger partial charge in [-0.1, -0.05) is 234 Å². The lowest BCUT2D eigenvalue weighted by Gasteiger charge is -2.17. The van der Waals surface area contributed by atoms with E-state index in [4.69, 9.17) is 23.7 Å². The van der Waals surface area contributed by atoms with Crippen molar-refractivity contribution < 1.29 is 23.7 Å². The maximum absolute atomic E-state index is 5.42. The van der Waals surface area contributed by atoms with Crippen LogP contribution in [0.15, 0.2) is 150 Å². The molecule has 0 unspecified atom stereocenters. The average Bonchev–Trinajstić information content (AvgIpc) is 4.17. The fraction of sp³-hybridized carbons (Fsp3) is 0.526. The Bertz CT molecular complexity index is 1990. The van der Waals surface area contributed by atoms with E-state index in [2.05, 4.69) is 210 Å². The van der Waals surface area contributed by atoms with Crippen LogP contribution in [0, 0.1) is 35.5 Å². The van der Waals surface area contributed by atoms with E-state index in [9.17, 15) is 0 Å². The third kappa shape index (κ3) is 40.0. The largest absolute Gasteiger partial charge is 0.493 e. The minimum Gasteiger partial charge on any atom is -0.493 e. The number of rotatable bonds is 0. The van der Waals surface area contributed by atoms with Crippen LogP contribution in [0.4, 0.5) is 0 Å². The van der Waals surface area contributed by atoms with Crippen LogP contribution in [0.3, 0.4) is 0 Å². The molecule has 0 saturated carbocycles. The number of hydrogen-bond acceptors (Lipinski definition) is 6. The fourth-order valence-corrected chi connectivity index (χ4v) is 8.66. The fourth-order valence-electron chi connectivity index (χ4n) is 7.62. The van der Waals surface area contributed by atoms with Crippen LogP contribution in [0.5, 0.6) is 28.7 Å². The average molecular weight is 1140 g/mol. The first-order valence-corrected chi connectivity index (χ1v) is 32.4. The Morgan fingerprint density at radius 2 is 0.524 bits per heavy atom. The van der Waals surface area contributed by atoms with E-state index in [0.717, 1.165) is 77.3 Å². The van der Waals surface area contributed by atoms with Crippen LogP contribution in [0.1, 0.15) is 190 Å². The van der Waals surface area contributed by atoms with E-state index in [1.807, 2.05) is 72.4 Å². The highest BCUT2D eigenvalue weighted by atomic mass is 32.2. The van der Waals surface area contributed by atoms with E-state index in [1.165, 1.54) is 80.4 Å². The van der Waals surface area contributed by atoms with E-state index >= 15 is 0 Å². The summed E-state index contributed by atoms with van der Waals surface area (Å²) >= 11 is 1.99. The van der Waals surface area contributed by atoms with Gasteiger partial charge in [0.05, 0.1) is 6.61 Å². The lowest BCUT2D eigenvalue weighted by Crippen LogP contribution is -2.14. The molecule has 12 rings (SSSR count). The van der Waals surface area contributed by atoms with Gasteiger partial charge in [0, 0.05) is 4.90 Å². The normalized spacial score (nSPS) is 13.6. The molecule has 456 valence electrons. The number of fused-ring (bicyclic) bond motifs is 6. The molecule has 4 aliphatic heterocycles. The monoisotopic (exact) mass is 1140 g/mol.